The number of hydrogen-bond donors (Lipinski definition) is 0. The number of fused-ring (bicyclic) bond motifs is 2. The molecule has 2 aromatic carbocycles. The van der Waals surface area contributed by atoms with Gasteiger partial charge in [0.05, 0.1) is 6.54 Å². The Labute approximate surface area is 183 Å². The minimum Gasteiger partial charge on any atom is -0.444 e. The second-order valence-corrected chi connectivity index (χ2v) is 9.47. The molecule has 2 aliphatic rings. The Balaban J connectivity index is 1.72. The molecule has 0 saturated heterocycles. The monoisotopic (exact) mass is 470 g/mol. The van der Waals surface area contributed by atoms with Crippen molar-refractivity contribution in [1.29, 1.82) is 0 Å². The molecule has 0 aliphatic carbocycles. The maximum absolute atomic E-state index is 13.7. The summed E-state index contributed by atoms with van der Waals surface area (Å²) in [5, 5.41) is 0. The molecule has 0 spiro atoms. The van der Waals surface area contributed by atoms with Gasteiger partial charge in [0.1, 0.15) is 11.6 Å². The molecule has 3 amide bonds. The van der Waals surface area contributed by atoms with Crippen LogP contribution in [0.15, 0.2) is 46.9 Å². The first-order valence-corrected chi connectivity index (χ1v) is 10.7. The van der Waals surface area contributed by atoms with Crippen molar-refractivity contribution in [3.8, 4) is 0 Å². The third-order valence-electron chi connectivity index (χ3n) is 5.28. The Morgan fingerprint density at radius 2 is 1.83 bits per heavy atom. The van der Waals surface area contributed by atoms with E-state index in [0.29, 0.717) is 18.5 Å². The van der Waals surface area contributed by atoms with E-state index in [-0.39, 0.29) is 12.5 Å². The van der Waals surface area contributed by atoms with Crippen LogP contribution >= 0.6 is 15.9 Å². The van der Waals surface area contributed by atoms with E-state index in [9.17, 15) is 14.4 Å². The SMILES string of the molecule is CC(C)(C)OC(=O)N1CCc2cc(Br)ccc2C1C(=O)N1Cc2ccccc2C1=O. The van der Waals surface area contributed by atoms with Gasteiger partial charge in [-0.3, -0.25) is 19.4 Å². The molecule has 2 aromatic rings. The van der Waals surface area contributed by atoms with Gasteiger partial charge in [-0.1, -0.05) is 40.2 Å². The molecule has 0 bridgehead atoms. The van der Waals surface area contributed by atoms with Crippen LogP contribution in [-0.2, 0) is 22.5 Å². The number of rotatable bonds is 1. The van der Waals surface area contributed by atoms with Gasteiger partial charge in [0, 0.05) is 16.6 Å². The van der Waals surface area contributed by atoms with Crippen molar-refractivity contribution in [2.75, 3.05) is 6.54 Å². The quantitative estimate of drug-likeness (QED) is 0.576. The summed E-state index contributed by atoms with van der Waals surface area (Å²) in [5.41, 5.74) is 2.36. The van der Waals surface area contributed by atoms with E-state index in [1.165, 1.54) is 9.80 Å². The first kappa shape index (κ1) is 20.6. The van der Waals surface area contributed by atoms with Gasteiger partial charge in [-0.25, -0.2) is 4.79 Å². The van der Waals surface area contributed by atoms with Crippen LogP contribution in [0.3, 0.4) is 0 Å². The normalized spacial score (nSPS) is 18.1. The van der Waals surface area contributed by atoms with Crippen molar-refractivity contribution < 1.29 is 19.1 Å². The van der Waals surface area contributed by atoms with Crippen molar-refractivity contribution in [3.05, 3.63) is 69.2 Å². The van der Waals surface area contributed by atoms with E-state index in [4.69, 9.17) is 4.74 Å². The largest absolute Gasteiger partial charge is 0.444 e. The molecule has 6 nitrogen and oxygen atoms in total. The Bertz CT molecular complexity index is 1040. The predicted molar refractivity (Wildman–Crippen MR) is 115 cm³/mol. The Morgan fingerprint density at radius 3 is 2.53 bits per heavy atom. The molecule has 1 unspecified atom stereocenters. The minimum absolute atomic E-state index is 0.207. The Hall–Kier alpha value is -2.67. The average molecular weight is 471 g/mol. The maximum atomic E-state index is 13.7. The maximum Gasteiger partial charge on any atom is 0.411 e. The van der Waals surface area contributed by atoms with Crippen molar-refractivity contribution >= 4 is 33.8 Å². The van der Waals surface area contributed by atoms with Crippen molar-refractivity contribution in [3.63, 3.8) is 0 Å². The number of carbonyl (C=O) groups is 3. The van der Waals surface area contributed by atoms with Gasteiger partial charge in [0.2, 0.25) is 0 Å². The number of amides is 3. The second-order valence-electron chi connectivity index (χ2n) is 8.56. The molecule has 2 aliphatic heterocycles. The predicted octanol–water partition coefficient (Wildman–Crippen LogP) is 4.47. The number of ether oxygens (including phenoxy) is 1. The van der Waals surface area contributed by atoms with E-state index < -0.39 is 23.6 Å². The summed E-state index contributed by atoms with van der Waals surface area (Å²) < 4.78 is 6.48. The number of imide groups is 1. The van der Waals surface area contributed by atoms with Gasteiger partial charge in [-0.2, -0.15) is 0 Å². The van der Waals surface area contributed by atoms with Gasteiger partial charge in [0.25, 0.3) is 11.8 Å². The van der Waals surface area contributed by atoms with Crippen LogP contribution in [0.2, 0.25) is 0 Å². The highest BCUT2D eigenvalue weighted by Gasteiger charge is 2.43. The van der Waals surface area contributed by atoms with Crippen LogP contribution in [-0.4, -0.2) is 39.9 Å². The summed E-state index contributed by atoms with van der Waals surface area (Å²) in [6, 6.07) is 11.9. The molecule has 0 radical (unpaired) electrons. The fraction of sp³-hybridized carbons (Fsp3) is 0.348. The lowest BCUT2D eigenvalue weighted by atomic mass is 9.92. The highest BCUT2D eigenvalue weighted by atomic mass is 79.9. The van der Waals surface area contributed by atoms with Gasteiger partial charge in [0.15, 0.2) is 0 Å². The summed E-state index contributed by atoms with van der Waals surface area (Å²) in [6.07, 6.45) is 0.0463. The highest BCUT2D eigenvalue weighted by molar-refractivity contribution is 9.10. The fourth-order valence-corrected chi connectivity index (χ4v) is 4.37. The van der Waals surface area contributed by atoms with E-state index in [1.54, 1.807) is 32.9 Å². The third kappa shape index (κ3) is 3.74. The summed E-state index contributed by atoms with van der Waals surface area (Å²) in [5.74, 6) is -0.741. The molecule has 0 fully saturated rings. The van der Waals surface area contributed by atoms with Crippen LogP contribution in [0.1, 0.15) is 53.9 Å². The zero-order chi connectivity index (χ0) is 21.6. The van der Waals surface area contributed by atoms with E-state index in [1.807, 2.05) is 30.3 Å². The molecule has 4 rings (SSSR count). The smallest absolute Gasteiger partial charge is 0.411 e. The van der Waals surface area contributed by atoms with E-state index in [2.05, 4.69) is 15.9 Å². The fourth-order valence-electron chi connectivity index (χ4n) is 3.96. The van der Waals surface area contributed by atoms with Gasteiger partial charge >= 0.3 is 6.09 Å². The molecule has 0 aromatic heterocycles. The molecule has 0 N–H and O–H groups in total. The van der Waals surface area contributed by atoms with Crippen molar-refractivity contribution in [1.82, 2.24) is 9.80 Å². The summed E-state index contributed by atoms with van der Waals surface area (Å²) in [6.45, 7) is 5.91. The zero-order valence-corrected chi connectivity index (χ0v) is 18.7. The van der Waals surface area contributed by atoms with Crippen molar-refractivity contribution in [2.45, 2.75) is 45.4 Å². The number of hydrogen-bond acceptors (Lipinski definition) is 4. The Kier molecular flexibility index (Phi) is 5.18. The lowest BCUT2D eigenvalue weighted by Gasteiger charge is -2.38. The lowest BCUT2D eigenvalue weighted by molar-refractivity contribution is -0.135. The van der Waals surface area contributed by atoms with Crippen LogP contribution in [0.5, 0.6) is 0 Å². The van der Waals surface area contributed by atoms with Gasteiger partial charge in [-0.15, -0.1) is 0 Å². The first-order chi connectivity index (χ1) is 14.2. The van der Waals surface area contributed by atoms with Crippen LogP contribution < -0.4 is 0 Å². The minimum atomic E-state index is -0.907. The average Bonchev–Trinajstić information content (AvgIpc) is 3.02. The molecule has 2 heterocycles. The molecule has 0 saturated carbocycles. The number of halogens is 1. The number of nitrogens with zero attached hydrogens (tertiary/aromatic N) is 2. The number of carbonyl (C=O) groups excluding carboxylic acids is 3. The molecule has 156 valence electrons. The van der Waals surface area contributed by atoms with Crippen LogP contribution in [0.4, 0.5) is 4.79 Å². The molecule has 7 heteroatoms. The van der Waals surface area contributed by atoms with Crippen LogP contribution in [0, 0.1) is 0 Å². The van der Waals surface area contributed by atoms with Crippen molar-refractivity contribution in [2.24, 2.45) is 0 Å². The molecule has 1 atom stereocenters. The first-order valence-electron chi connectivity index (χ1n) is 9.87. The lowest BCUT2D eigenvalue weighted by Crippen LogP contribution is -2.50. The second kappa shape index (κ2) is 7.54. The zero-order valence-electron chi connectivity index (χ0n) is 17.1. The molecular weight excluding hydrogens is 448 g/mol. The standard InChI is InChI=1S/C23H23BrN2O4/c1-23(2,3)30-22(29)25-11-10-14-12-16(24)8-9-17(14)19(25)21(28)26-13-15-6-4-5-7-18(15)20(26)27/h4-9,12,19H,10-11,13H2,1-3H3. The summed E-state index contributed by atoms with van der Waals surface area (Å²) in [7, 11) is 0. The highest BCUT2D eigenvalue weighted by Crippen LogP contribution is 2.36. The number of benzene rings is 2. The van der Waals surface area contributed by atoms with Gasteiger partial charge in [-0.05, 0) is 62.1 Å². The van der Waals surface area contributed by atoms with E-state index in [0.717, 1.165) is 21.2 Å². The third-order valence-corrected chi connectivity index (χ3v) is 5.78. The molecular formula is C23H23BrN2O4. The van der Waals surface area contributed by atoms with Gasteiger partial charge < -0.3 is 4.74 Å². The van der Waals surface area contributed by atoms with E-state index >= 15 is 0 Å². The summed E-state index contributed by atoms with van der Waals surface area (Å²) in [4.78, 5) is 42.2. The summed E-state index contributed by atoms with van der Waals surface area (Å²) >= 11 is 3.47. The topological polar surface area (TPSA) is 66.9 Å². The van der Waals surface area contributed by atoms with Crippen LogP contribution in [0.25, 0.3) is 0 Å². The molecule has 30 heavy (non-hydrogen) atoms. The Morgan fingerprint density at radius 1 is 1.10 bits per heavy atom.